The average Bonchev–Trinajstić information content (AvgIpc) is 2.04. The van der Waals surface area contributed by atoms with Gasteiger partial charge in [0.05, 0.1) is 5.92 Å². The lowest BCUT2D eigenvalue weighted by molar-refractivity contribution is -0.135. The normalized spacial score (nSPS) is 29.9. The van der Waals surface area contributed by atoms with Gasteiger partial charge in [-0.2, -0.15) is 0 Å². The van der Waals surface area contributed by atoms with Crippen LogP contribution >= 0.6 is 0 Å². The van der Waals surface area contributed by atoms with E-state index in [4.69, 9.17) is 0 Å². The topological polar surface area (TPSA) is 32.3 Å². The van der Waals surface area contributed by atoms with Gasteiger partial charge in [-0.05, 0) is 18.9 Å². The number of nitrogens with one attached hydrogen (secondary N) is 1. The van der Waals surface area contributed by atoms with E-state index in [2.05, 4.69) is 12.2 Å². The summed E-state index contributed by atoms with van der Waals surface area (Å²) in [4.78, 5) is 13.3. The van der Waals surface area contributed by atoms with Crippen molar-refractivity contribution in [3.8, 4) is 0 Å². The van der Waals surface area contributed by atoms with Gasteiger partial charge in [0, 0.05) is 20.6 Å². The van der Waals surface area contributed by atoms with E-state index in [0.29, 0.717) is 5.92 Å². The highest BCUT2D eigenvalue weighted by Crippen LogP contribution is 2.19. The Morgan fingerprint density at radius 2 is 2.17 bits per heavy atom. The molecule has 1 heterocycles. The van der Waals surface area contributed by atoms with Crippen LogP contribution < -0.4 is 5.32 Å². The maximum Gasteiger partial charge on any atom is 0.226 e. The molecule has 1 saturated heterocycles. The molecule has 1 aliphatic rings. The van der Waals surface area contributed by atoms with Crippen LogP contribution in [-0.4, -0.2) is 38.0 Å². The first kappa shape index (κ1) is 9.52. The third kappa shape index (κ3) is 1.97. The van der Waals surface area contributed by atoms with Crippen LogP contribution in [0.4, 0.5) is 0 Å². The Hall–Kier alpha value is -0.570. The maximum atomic E-state index is 11.6. The van der Waals surface area contributed by atoms with Gasteiger partial charge >= 0.3 is 0 Å². The Kier molecular flexibility index (Phi) is 3.09. The van der Waals surface area contributed by atoms with Crippen LogP contribution in [0.25, 0.3) is 0 Å². The Labute approximate surface area is 74.1 Å². The van der Waals surface area contributed by atoms with Crippen LogP contribution in [0.5, 0.6) is 0 Å². The van der Waals surface area contributed by atoms with Crippen molar-refractivity contribution in [2.24, 2.45) is 11.8 Å². The summed E-state index contributed by atoms with van der Waals surface area (Å²) in [7, 11) is 3.65. The van der Waals surface area contributed by atoms with Crippen LogP contribution in [0.15, 0.2) is 0 Å². The summed E-state index contributed by atoms with van der Waals surface area (Å²) in [5.41, 5.74) is 0. The highest BCUT2D eigenvalue weighted by Gasteiger charge is 2.28. The number of piperidine rings is 1. The minimum Gasteiger partial charge on any atom is -0.349 e. The van der Waals surface area contributed by atoms with Crippen molar-refractivity contribution in [2.75, 3.05) is 27.2 Å². The van der Waals surface area contributed by atoms with Crippen molar-refractivity contribution in [2.45, 2.75) is 13.3 Å². The van der Waals surface area contributed by atoms with Gasteiger partial charge in [0.25, 0.3) is 0 Å². The standard InChI is InChI=1S/C9H18N2O/c1-7-4-5-10-6-8(7)9(12)11(2)3/h7-8,10H,4-6H2,1-3H3/t7-,8-/m0/s1. The van der Waals surface area contributed by atoms with Crippen LogP contribution in [-0.2, 0) is 4.79 Å². The van der Waals surface area contributed by atoms with Crippen molar-refractivity contribution in [1.29, 1.82) is 0 Å². The fourth-order valence-electron chi connectivity index (χ4n) is 1.65. The molecule has 0 aromatic carbocycles. The Morgan fingerprint density at radius 1 is 1.50 bits per heavy atom. The molecule has 12 heavy (non-hydrogen) atoms. The average molecular weight is 170 g/mol. The molecule has 70 valence electrons. The molecule has 2 atom stereocenters. The Bertz CT molecular complexity index is 168. The predicted octanol–water partition coefficient (Wildman–Crippen LogP) is 0.320. The van der Waals surface area contributed by atoms with Crippen molar-refractivity contribution in [1.82, 2.24) is 10.2 Å². The van der Waals surface area contributed by atoms with E-state index >= 15 is 0 Å². The molecule has 1 N–H and O–H groups in total. The number of carbonyl (C=O) groups is 1. The third-order valence-electron chi connectivity index (χ3n) is 2.59. The first-order chi connectivity index (χ1) is 5.63. The van der Waals surface area contributed by atoms with Crippen LogP contribution in [0, 0.1) is 11.8 Å². The van der Waals surface area contributed by atoms with Crippen molar-refractivity contribution < 1.29 is 4.79 Å². The van der Waals surface area contributed by atoms with E-state index in [1.807, 2.05) is 14.1 Å². The molecule has 3 heteroatoms. The van der Waals surface area contributed by atoms with Crippen LogP contribution in [0.1, 0.15) is 13.3 Å². The second-order valence-electron chi connectivity index (χ2n) is 3.81. The molecule has 0 aromatic heterocycles. The number of rotatable bonds is 1. The number of carbonyl (C=O) groups excluding carboxylic acids is 1. The van der Waals surface area contributed by atoms with Gasteiger partial charge < -0.3 is 10.2 Å². The van der Waals surface area contributed by atoms with Crippen molar-refractivity contribution in [3.05, 3.63) is 0 Å². The summed E-state index contributed by atoms with van der Waals surface area (Å²) in [5.74, 6) is 0.976. The van der Waals surface area contributed by atoms with E-state index in [-0.39, 0.29) is 11.8 Å². The van der Waals surface area contributed by atoms with E-state index in [1.165, 1.54) is 0 Å². The number of hydrogen-bond acceptors (Lipinski definition) is 2. The molecule has 1 aliphatic heterocycles. The second-order valence-corrected chi connectivity index (χ2v) is 3.81. The fourth-order valence-corrected chi connectivity index (χ4v) is 1.65. The van der Waals surface area contributed by atoms with Gasteiger partial charge in [0.2, 0.25) is 5.91 Å². The first-order valence-corrected chi connectivity index (χ1v) is 4.55. The third-order valence-corrected chi connectivity index (χ3v) is 2.59. The summed E-state index contributed by atoms with van der Waals surface area (Å²) < 4.78 is 0. The van der Waals surface area contributed by atoms with E-state index in [9.17, 15) is 4.79 Å². The van der Waals surface area contributed by atoms with E-state index in [1.54, 1.807) is 4.90 Å². The molecule has 0 spiro atoms. The first-order valence-electron chi connectivity index (χ1n) is 4.55. The van der Waals surface area contributed by atoms with Crippen LogP contribution in [0.2, 0.25) is 0 Å². The molecule has 1 fully saturated rings. The monoisotopic (exact) mass is 170 g/mol. The lowest BCUT2D eigenvalue weighted by atomic mass is 9.87. The highest BCUT2D eigenvalue weighted by atomic mass is 16.2. The predicted molar refractivity (Wildman–Crippen MR) is 48.8 cm³/mol. The summed E-state index contributed by atoms with van der Waals surface area (Å²) in [6.45, 7) is 4.06. The lowest BCUT2D eigenvalue weighted by Gasteiger charge is -2.30. The van der Waals surface area contributed by atoms with Gasteiger partial charge in [-0.15, -0.1) is 0 Å². The molecular formula is C9H18N2O. The van der Waals surface area contributed by atoms with Gasteiger partial charge in [-0.1, -0.05) is 6.92 Å². The molecule has 1 rings (SSSR count). The summed E-state index contributed by atoms with van der Waals surface area (Å²) in [6, 6.07) is 0. The van der Waals surface area contributed by atoms with Gasteiger partial charge in [0.15, 0.2) is 0 Å². The van der Waals surface area contributed by atoms with Crippen molar-refractivity contribution in [3.63, 3.8) is 0 Å². The second kappa shape index (κ2) is 3.90. The lowest BCUT2D eigenvalue weighted by Crippen LogP contribution is -2.44. The number of hydrogen-bond donors (Lipinski definition) is 1. The smallest absolute Gasteiger partial charge is 0.226 e. The molecule has 0 aliphatic carbocycles. The summed E-state index contributed by atoms with van der Waals surface area (Å²) in [5, 5.41) is 3.25. The quantitative estimate of drug-likeness (QED) is 0.614. The molecule has 3 nitrogen and oxygen atoms in total. The van der Waals surface area contributed by atoms with E-state index < -0.39 is 0 Å². The zero-order valence-electron chi connectivity index (χ0n) is 8.13. The maximum absolute atomic E-state index is 11.6. The van der Waals surface area contributed by atoms with Gasteiger partial charge in [0.1, 0.15) is 0 Å². The fraction of sp³-hybridized carbons (Fsp3) is 0.889. The Morgan fingerprint density at radius 3 is 2.67 bits per heavy atom. The number of amides is 1. The zero-order valence-corrected chi connectivity index (χ0v) is 8.13. The highest BCUT2D eigenvalue weighted by molar-refractivity contribution is 5.78. The van der Waals surface area contributed by atoms with Crippen LogP contribution in [0.3, 0.4) is 0 Å². The molecular weight excluding hydrogens is 152 g/mol. The molecule has 0 unspecified atom stereocenters. The minimum atomic E-state index is 0.189. The molecule has 0 aromatic rings. The SMILES string of the molecule is C[C@H]1CCNC[C@@H]1C(=O)N(C)C. The largest absolute Gasteiger partial charge is 0.349 e. The Balaban J connectivity index is 2.53. The zero-order chi connectivity index (χ0) is 9.14. The molecule has 1 amide bonds. The molecule has 0 radical (unpaired) electrons. The van der Waals surface area contributed by atoms with Crippen molar-refractivity contribution >= 4 is 5.91 Å². The van der Waals surface area contributed by atoms with Gasteiger partial charge in [-0.3, -0.25) is 4.79 Å². The molecule has 0 saturated carbocycles. The summed E-state index contributed by atoms with van der Waals surface area (Å²) in [6.07, 6.45) is 1.12. The summed E-state index contributed by atoms with van der Waals surface area (Å²) >= 11 is 0. The van der Waals surface area contributed by atoms with Gasteiger partial charge in [-0.25, -0.2) is 0 Å². The minimum absolute atomic E-state index is 0.189. The number of nitrogens with zero attached hydrogens (tertiary/aromatic N) is 1. The molecule has 0 bridgehead atoms. The van der Waals surface area contributed by atoms with E-state index in [0.717, 1.165) is 19.5 Å².